The van der Waals surface area contributed by atoms with Gasteiger partial charge in [0.1, 0.15) is 12.7 Å². The molecule has 11 heteroatoms. The summed E-state index contributed by atoms with van der Waals surface area (Å²) >= 11 is 1.14. The Morgan fingerprint density at radius 3 is 2.41 bits per heavy atom. The first-order chi connectivity index (χ1) is 15.7. The molecule has 0 amide bonds. The van der Waals surface area contributed by atoms with Gasteiger partial charge in [-0.1, -0.05) is 49.4 Å². The molecule has 5 atom stereocenters. The number of carbonyl (C=O) groups is 3. The summed E-state index contributed by atoms with van der Waals surface area (Å²) in [6.45, 7) is 13.6. The van der Waals surface area contributed by atoms with Crippen molar-refractivity contribution >= 4 is 39.9 Å². The van der Waals surface area contributed by atoms with Crippen LogP contribution in [-0.4, -0.2) is 47.7 Å². The van der Waals surface area contributed by atoms with Gasteiger partial charge in [0.2, 0.25) is 5.78 Å². The van der Waals surface area contributed by atoms with Crippen LogP contribution >= 0.6 is 11.3 Å². The normalized spacial score (nSPS) is 23.7. The minimum Gasteiger partial charge on any atom is -0.463 e. The van der Waals surface area contributed by atoms with E-state index in [0.717, 1.165) is 11.3 Å². The maximum absolute atomic E-state index is 12.8. The van der Waals surface area contributed by atoms with Gasteiger partial charge in [0, 0.05) is 63.1 Å². The van der Waals surface area contributed by atoms with Gasteiger partial charge in [0.05, 0.1) is 23.8 Å². The molecule has 1 fully saturated rings. The first-order valence-corrected chi connectivity index (χ1v) is 11.2. The van der Waals surface area contributed by atoms with Crippen LogP contribution in [0.25, 0.3) is 4.85 Å². The number of aromatic nitrogens is 1. The number of benzene rings is 1. The number of hydrogen-bond acceptors (Lipinski definition) is 9. The number of nitrogens with zero attached hydrogens (tertiary/aromatic N) is 2. The molecular formula is C23H25ArN3O6S. The maximum Gasteiger partial charge on any atom is 0.303 e. The topological polar surface area (TPSA) is 108 Å². The zero-order valence-electron chi connectivity index (χ0n) is 19.1. The second kappa shape index (κ2) is 12.6. The number of hydrogen-bond donors (Lipinski definition) is 1. The van der Waals surface area contributed by atoms with E-state index in [0.29, 0.717) is 21.3 Å². The van der Waals surface area contributed by atoms with Crippen molar-refractivity contribution in [2.45, 2.75) is 46.1 Å². The number of anilines is 1. The van der Waals surface area contributed by atoms with E-state index in [1.807, 2.05) is 13.8 Å². The average molecular weight is 511 g/mol. The molecule has 1 aromatic carbocycles. The average Bonchev–Trinajstić information content (AvgIpc) is 3.25. The van der Waals surface area contributed by atoms with E-state index in [2.05, 4.69) is 15.1 Å². The molecule has 1 aliphatic heterocycles. The smallest absolute Gasteiger partial charge is 0.303 e. The molecule has 0 bridgehead atoms. The molecule has 0 aliphatic carbocycles. The summed E-state index contributed by atoms with van der Waals surface area (Å²) in [7, 11) is 0. The molecule has 2 aromatic rings. The Morgan fingerprint density at radius 2 is 1.82 bits per heavy atom. The van der Waals surface area contributed by atoms with Gasteiger partial charge in [-0.2, -0.15) is 0 Å². The number of nitrogens with one attached hydrogen (secondary N) is 1. The van der Waals surface area contributed by atoms with E-state index >= 15 is 0 Å². The van der Waals surface area contributed by atoms with Gasteiger partial charge < -0.3 is 19.5 Å². The Labute approximate surface area is 232 Å². The third-order valence-corrected chi connectivity index (χ3v) is 6.49. The van der Waals surface area contributed by atoms with E-state index < -0.39 is 30.4 Å². The van der Waals surface area contributed by atoms with Crippen LogP contribution in [0.3, 0.4) is 0 Å². The van der Waals surface area contributed by atoms with Gasteiger partial charge in [-0.05, 0) is 5.92 Å². The predicted octanol–water partition coefficient (Wildman–Crippen LogP) is 3.83. The molecule has 0 spiro atoms. The SMILES string of the molecule is [Ar].[C-]#[N+]c1ccc(C(=O)c2cnc(N[C@H]3OC(COC(C)=O)[C@@H](C)[C@H](C)C3OC(C)=O)s2)cc1. The number of rotatable bonds is 7. The Kier molecular flexibility index (Phi) is 10.5. The van der Waals surface area contributed by atoms with Crippen LogP contribution in [0, 0.1) is 56.1 Å². The van der Waals surface area contributed by atoms with Crippen molar-refractivity contribution < 1.29 is 66.3 Å². The molecule has 2 heterocycles. The third kappa shape index (κ3) is 6.99. The third-order valence-electron chi connectivity index (χ3n) is 5.56. The van der Waals surface area contributed by atoms with Gasteiger partial charge >= 0.3 is 11.9 Å². The fraction of sp³-hybridized carbons (Fsp3) is 0.435. The standard InChI is InChI=1S/C23H25N3O6S.Ar/c1-12-13(2)21(31-15(4)28)22(32-18(12)11-30-14(3)27)26-23-25-10-19(33-23)20(29)16-6-8-17(24-5)9-7-16;/h6-10,12-13,18,21-22H,11H2,1-4H3,(H,25,26);/t12-,13-,18?,21?,22-;/m0./s1. The zero-order chi connectivity index (χ0) is 24.1. The van der Waals surface area contributed by atoms with E-state index in [1.54, 1.807) is 24.3 Å². The molecule has 182 valence electrons. The zero-order valence-corrected chi connectivity index (χ0v) is 20.6. The number of ether oxygens (including phenoxy) is 3. The van der Waals surface area contributed by atoms with Gasteiger partial charge in [-0.15, -0.1) is 0 Å². The van der Waals surface area contributed by atoms with Crippen LogP contribution < -0.4 is 5.32 Å². The molecule has 34 heavy (non-hydrogen) atoms. The second-order valence-corrected chi connectivity index (χ2v) is 8.88. The van der Waals surface area contributed by atoms with Crippen LogP contribution in [0.2, 0.25) is 0 Å². The van der Waals surface area contributed by atoms with Crippen molar-refractivity contribution in [3.63, 3.8) is 0 Å². The van der Waals surface area contributed by atoms with Crippen molar-refractivity contribution in [1.29, 1.82) is 0 Å². The molecule has 1 N–H and O–H groups in total. The van der Waals surface area contributed by atoms with Crippen LogP contribution in [0.15, 0.2) is 30.5 Å². The molecule has 0 radical (unpaired) electrons. The number of esters is 2. The summed E-state index contributed by atoms with van der Waals surface area (Å²) in [4.78, 5) is 43.7. The molecule has 1 aliphatic rings. The van der Waals surface area contributed by atoms with Crippen LogP contribution in [-0.2, 0) is 23.8 Å². The van der Waals surface area contributed by atoms with E-state index in [9.17, 15) is 14.4 Å². The van der Waals surface area contributed by atoms with Gasteiger partial charge in [0.15, 0.2) is 17.0 Å². The Bertz CT molecular complexity index is 1070. The molecule has 0 saturated carbocycles. The van der Waals surface area contributed by atoms with Gasteiger partial charge in [0.25, 0.3) is 0 Å². The van der Waals surface area contributed by atoms with Crippen LogP contribution in [0.1, 0.15) is 42.9 Å². The van der Waals surface area contributed by atoms with Gasteiger partial charge in [-0.3, -0.25) is 14.4 Å². The molecular weight excluding hydrogens is 486 g/mol. The Morgan fingerprint density at radius 1 is 1.15 bits per heavy atom. The monoisotopic (exact) mass is 511 g/mol. The summed E-state index contributed by atoms with van der Waals surface area (Å²) in [6.07, 6.45) is -0.289. The van der Waals surface area contributed by atoms with Crippen molar-refractivity contribution in [2.24, 2.45) is 11.8 Å². The maximum atomic E-state index is 12.8. The molecule has 1 aromatic heterocycles. The summed E-state index contributed by atoms with van der Waals surface area (Å²) in [5.41, 5.74) is 0.907. The minimum absolute atomic E-state index is 0. The van der Waals surface area contributed by atoms with Crippen molar-refractivity contribution in [1.82, 2.24) is 4.98 Å². The van der Waals surface area contributed by atoms with Crippen LogP contribution in [0.5, 0.6) is 0 Å². The minimum atomic E-state index is -0.743. The number of ketones is 1. The van der Waals surface area contributed by atoms with Gasteiger partial charge in [-0.25, -0.2) is 9.83 Å². The first-order valence-electron chi connectivity index (χ1n) is 10.4. The van der Waals surface area contributed by atoms with Crippen molar-refractivity contribution in [2.75, 3.05) is 11.9 Å². The Hall–Kier alpha value is -2.03. The van der Waals surface area contributed by atoms with E-state index in [1.165, 1.54) is 20.0 Å². The van der Waals surface area contributed by atoms with Crippen LogP contribution in [0.4, 0.5) is 10.8 Å². The summed E-state index contributed by atoms with van der Waals surface area (Å²) < 4.78 is 16.8. The molecule has 2 unspecified atom stereocenters. The molecule has 1 saturated heterocycles. The quantitative estimate of drug-likeness (QED) is 0.340. The van der Waals surface area contributed by atoms with E-state index in [-0.39, 0.29) is 62.0 Å². The summed E-state index contributed by atoms with van der Waals surface area (Å²) in [6, 6.07) is 6.38. The fourth-order valence-corrected chi connectivity index (χ4v) is 4.37. The van der Waals surface area contributed by atoms with Crippen molar-refractivity contribution in [3.05, 3.63) is 52.3 Å². The Balaban J connectivity index is 0.00000408. The predicted molar refractivity (Wildman–Crippen MR) is 121 cm³/mol. The second-order valence-electron chi connectivity index (χ2n) is 7.85. The summed E-state index contributed by atoms with van der Waals surface area (Å²) in [5, 5.41) is 3.55. The first kappa shape index (κ1) is 28.2. The van der Waals surface area contributed by atoms with E-state index in [4.69, 9.17) is 20.8 Å². The van der Waals surface area contributed by atoms with Crippen molar-refractivity contribution in [3.8, 4) is 0 Å². The largest absolute Gasteiger partial charge is 0.463 e. The number of thiazole rings is 1. The summed E-state index contributed by atoms with van der Waals surface area (Å²) in [5.74, 6) is -1.20. The fourth-order valence-electron chi connectivity index (χ4n) is 3.57. The molecule has 9 nitrogen and oxygen atoms in total. The molecule has 3 rings (SSSR count). The number of carbonyl (C=O) groups excluding carboxylic acids is 3.